The SMILES string of the molecule is Cc1ccc(C)c(OC(=O)c2ccc(Cl)cc2)c1. The Balaban J connectivity index is 2.21. The smallest absolute Gasteiger partial charge is 0.343 e. The first-order valence-corrected chi connectivity index (χ1v) is 5.99. The summed E-state index contributed by atoms with van der Waals surface area (Å²) in [5.74, 6) is 0.218. The monoisotopic (exact) mass is 260 g/mol. The van der Waals surface area contributed by atoms with E-state index in [-0.39, 0.29) is 5.97 Å². The second kappa shape index (κ2) is 5.23. The van der Waals surface area contributed by atoms with Gasteiger partial charge in [-0.15, -0.1) is 0 Å². The van der Waals surface area contributed by atoms with Crippen molar-refractivity contribution in [3.05, 3.63) is 64.2 Å². The second-order valence-corrected chi connectivity index (χ2v) is 4.60. The minimum absolute atomic E-state index is 0.375. The molecule has 0 spiro atoms. The highest BCUT2D eigenvalue weighted by Gasteiger charge is 2.10. The lowest BCUT2D eigenvalue weighted by Crippen LogP contribution is -2.09. The molecule has 0 aliphatic rings. The first-order chi connectivity index (χ1) is 8.56. The molecule has 0 atom stereocenters. The van der Waals surface area contributed by atoms with Crippen LogP contribution in [0.5, 0.6) is 5.75 Å². The van der Waals surface area contributed by atoms with E-state index in [1.54, 1.807) is 24.3 Å². The molecular weight excluding hydrogens is 248 g/mol. The third-order valence-corrected chi connectivity index (χ3v) is 2.88. The van der Waals surface area contributed by atoms with Gasteiger partial charge in [0, 0.05) is 5.02 Å². The number of carbonyl (C=O) groups excluding carboxylic acids is 1. The third kappa shape index (κ3) is 2.90. The summed E-state index contributed by atoms with van der Waals surface area (Å²) in [6.45, 7) is 3.86. The quantitative estimate of drug-likeness (QED) is 0.598. The normalized spacial score (nSPS) is 10.2. The maximum atomic E-state index is 11.9. The van der Waals surface area contributed by atoms with Gasteiger partial charge >= 0.3 is 5.97 Å². The predicted molar refractivity (Wildman–Crippen MR) is 72.3 cm³/mol. The van der Waals surface area contributed by atoms with Crippen LogP contribution in [-0.2, 0) is 0 Å². The molecule has 0 amide bonds. The predicted octanol–water partition coefficient (Wildman–Crippen LogP) is 4.18. The number of aryl methyl sites for hydroxylation is 2. The topological polar surface area (TPSA) is 26.3 Å². The highest BCUT2D eigenvalue weighted by molar-refractivity contribution is 6.30. The highest BCUT2D eigenvalue weighted by Crippen LogP contribution is 2.20. The van der Waals surface area contributed by atoms with Crippen molar-refractivity contribution in [3.63, 3.8) is 0 Å². The van der Waals surface area contributed by atoms with E-state index in [0.29, 0.717) is 16.3 Å². The number of benzene rings is 2. The minimum Gasteiger partial charge on any atom is -0.423 e. The molecule has 0 fully saturated rings. The Morgan fingerprint density at radius 3 is 2.39 bits per heavy atom. The van der Waals surface area contributed by atoms with Gasteiger partial charge < -0.3 is 4.74 Å². The summed E-state index contributed by atoms with van der Waals surface area (Å²) >= 11 is 5.77. The molecule has 0 radical (unpaired) electrons. The zero-order chi connectivity index (χ0) is 13.1. The fraction of sp³-hybridized carbons (Fsp3) is 0.133. The van der Waals surface area contributed by atoms with Crippen LogP contribution < -0.4 is 4.74 Å². The molecule has 2 aromatic rings. The van der Waals surface area contributed by atoms with Crippen molar-refractivity contribution in [2.24, 2.45) is 0 Å². The number of carbonyl (C=O) groups is 1. The zero-order valence-corrected chi connectivity index (χ0v) is 11.0. The number of hydrogen-bond acceptors (Lipinski definition) is 2. The maximum absolute atomic E-state index is 11.9. The van der Waals surface area contributed by atoms with E-state index in [1.807, 2.05) is 32.0 Å². The van der Waals surface area contributed by atoms with Crippen LogP contribution in [-0.4, -0.2) is 5.97 Å². The van der Waals surface area contributed by atoms with Crippen LogP contribution in [0, 0.1) is 13.8 Å². The van der Waals surface area contributed by atoms with E-state index in [1.165, 1.54) is 0 Å². The Hall–Kier alpha value is -1.80. The van der Waals surface area contributed by atoms with E-state index < -0.39 is 0 Å². The third-order valence-electron chi connectivity index (χ3n) is 2.63. The first-order valence-electron chi connectivity index (χ1n) is 5.61. The summed E-state index contributed by atoms with van der Waals surface area (Å²) in [4.78, 5) is 11.9. The summed E-state index contributed by atoms with van der Waals surface area (Å²) in [5, 5.41) is 0.596. The van der Waals surface area contributed by atoms with Gasteiger partial charge in [-0.1, -0.05) is 23.7 Å². The van der Waals surface area contributed by atoms with Gasteiger partial charge in [0.25, 0.3) is 0 Å². The van der Waals surface area contributed by atoms with Crippen LogP contribution in [0.15, 0.2) is 42.5 Å². The fourth-order valence-electron chi connectivity index (χ4n) is 1.56. The van der Waals surface area contributed by atoms with Crippen LogP contribution in [0.2, 0.25) is 5.02 Å². The average molecular weight is 261 g/mol. The lowest BCUT2D eigenvalue weighted by Gasteiger charge is -2.08. The molecule has 18 heavy (non-hydrogen) atoms. The minimum atomic E-state index is -0.375. The van der Waals surface area contributed by atoms with Gasteiger partial charge in [0.1, 0.15) is 5.75 Å². The Kier molecular flexibility index (Phi) is 3.68. The van der Waals surface area contributed by atoms with Crippen molar-refractivity contribution in [2.45, 2.75) is 13.8 Å². The molecule has 0 saturated heterocycles. The van der Waals surface area contributed by atoms with Crippen molar-refractivity contribution >= 4 is 17.6 Å². The average Bonchev–Trinajstić information content (AvgIpc) is 2.34. The lowest BCUT2D eigenvalue weighted by molar-refractivity contribution is 0.0733. The molecule has 0 aliphatic heterocycles. The van der Waals surface area contributed by atoms with Crippen LogP contribution >= 0.6 is 11.6 Å². The largest absolute Gasteiger partial charge is 0.423 e. The number of rotatable bonds is 2. The Morgan fingerprint density at radius 2 is 1.72 bits per heavy atom. The molecule has 2 aromatic carbocycles. The molecule has 2 nitrogen and oxygen atoms in total. The molecule has 2 rings (SSSR count). The van der Waals surface area contributed by atoms with Gasteiger partial charge in [0.05, 0.1) is 5.56 Å². The molecule has 0 heterocycles. The van der Waals surface area contributed by atoms with Gasteiger partial charge in [0.15, 0.2) is 0 Å². The van der Waals surface area contributed by atoms with Crippen molar-refractivity contribution in [1.29, 1.82) is 0 Å². The number of ether oxygens (including phenoxy) is 1. The Bertz CT molecular complexity index is 574. The van der Waals surface area contributed by atoms with Crippen molar-refractivity contribution < 1.29 is 9.53 Å². The summed E-state index contributed by atoms with van der Waals surface area (Å²) in [6, 6.07) is 12.4. The van der Waals surface area contributed by atoms with Crippen LogP contribution in [0.4, 0.5) is 0 Å². The number of esters is 1. The van der Waals surface area contributed by atoms with Crippen molar-refractivity contribution in [3.8, 4) is 5.75 Å². The standard InChI is InChI=1S/C15H13ClO2/c1-10-3-4-11(2)14(9-10)18-15(17)12-5-7-13(16)8-6-12/h3-9H,1-2H3. The molecule has 92 valence electrons. The molecule has 3 heteroatoms. The van der Waals surface area contributed by atoms with Gasteiger partial charge in [0.2, 0.25) is 0 Å². The van der Waals surface area contributed by atoms with Crippen LogP contribution in [0.1, 0.15) is 21.5 Å². The van der Waals surface area contributed by atoms with Gasteiger partial charge in [-0.05, 0) is 55.3 Å². The maximum Gasteiger partial charge on any atom is 0.343 e. The summed E-state index contributed by atoms with van der Waals surface area (Å²) in [6.07, 6.45) is 0. The molecule has 0 aromatic heterocycles. The molecule has 0 N–H and O–H groups in total. The molecule has 0 saturated carbocycles. The molecule has 0 unspecified atom stereocenters. The van der Waals surface area contributed by atoms with Gasteiger partial charge in [-0.2, -0.15) is 0 Å². The summed E-state index contributed by atoms with van der Waals surface area (Å²) < 4.78 is 5.37. The molecular formula is C15H13ClO2. The van der Waals surface area contributed by atoms with E-state index in [9.17, 15) is 4.79 Å². The molecule has 0 aliphatic carbocycles. The zero-order valence-electron chi connectivity index (χ0n) is 10.2. The number of hydrogen-bond donors (Lipinski definition) is 0. The first kappa shape index (κ1) is 12.7. The van der Waals surface area contributed by atoms with Crippen molar-refractivity contribution in [1.82, 2.24) is 0 Å². The van der Waals surface area contributed by atoms with E-state index >= 15 is 0 Å². The van der Waals surface area contributed by atoms with Gasteiger partial charge in [-0.3, -0.25) is 0 Å². The Labute approximate surface area is 111 Å². The highest BCUT2D eigenvalue weighted by atomic mass is 35.5. The number of halogens is 1. The van der Waals surface area contributed by atoms with Crippen LogP contribution in [0.25, 0.3) is 0 Å². The van der Waals surface area contributed by atoms with E-state index in [4.69, 9.17) is 16.3 Å². The Morgan fingerprint density at radius 1 is 1.06 bits per heavy atom. The van der Waals surface area contributed by atoms with E-state index in [2.05, 4.69) is 0 Å². The summed E-state index contributed by atoms with van der Waals surface area (Å²) in [5.41, 5.74) is 2.47. The van der Waals surface area contributed by atoms with E-state index in [0.717, 1.165) is 11.1 Å². The fourth-order valence-corrected chi connectivity index (χ4v) is 1.69. The van der Waals surface area contributed by atoms with Crippen molar-refractivity contribution in [2.75, 3.05) is 0 Å². The second-order valence-electron chi connectivity index (χ2n) is 4.17. The lowest BCUT2D eigenvalue weighted by atomic mass is 10.1. The summed E-state index contributed by atoms with van der Waals surface area (Å²) in [7, 11) is 0. The van der Waals surface area contributed by atoms with Gasteiger partial charge in [-0.25, -0.2) is 4.79 Å². The van der Waals surface area contributed by atoms with Crippen LogP contribution in [0.3, 0.4) is 0 Å². The molecule has 0 bridgehead atoms.